The van der Waals surface area contributed by atoms with Gasteiger partial charge in [-0.1, -0.05) is 58.9 Å². The van der Waals surface area contributed by atoms with E-state index in [0.717, 1.165) is 18.4 Å². The van der Waals surface area contributed by atoms with Crippen LogP contribution in [-0.2, 0) is 24.3 Å². The molecule has 0 spiro atoms. The van der Waals surface area contributed by atoms with Crippen LogP contribution in [0.4, 0.5) is 0 Å². The highest BCUT2D eigenvalue weighted by molar-refractivity contribution is 5.83. The Hall–Kier alpha value is -2.62. The fourth-order valence-corrected chi connectivity index (χ4v) is 4.28. The summed E-state index contributed by atoms with van der Waals surface area (Å²) < 4.78 is 2.06. The van der Waals surface area contributed by atoms with E-state index in [1.54, 1.807) is 0 Å². The molecule has 2 aromatic carbocycles. The summed E-state index contributed by atoms with van der Waals surface area (Å²) in [5, 5.41) is 14.7. The van der Waals surface area contributed by atoms with Crippen molar-refractivity contribution < 1.29 is 0 Å². The average Bonchev–Trinajstić information content (AvgIpc) is 3.21. The molecule has 28 heavy (non-hydrogen) atoms. The van der Waals surface area contributed by atoms with Gasteiger partial charge in [-0.3, -0.25) is 9.78 Å². The van der Waals surface area contributed by atoms with E-state index in [4.69, 9.17) is 5.10 Å². The van der Waals surface area contributed by atoms with E-state index in [1.165, 1.54) is 33.1 Å². The second-order valence-corrected chi connectivity index (χ2v) is 9.59. The van der Waals surface area contributed by atoms with Crippen LogP contribution in [0, 0.1) is 0 Å². The fourth-order valence-electron chi connectivity index (χ4n) is 4.28. The van der Waals surface area contributed by atoms with Gasteiger partial charge in [0.2, 0.25) is 0 Å². The Bertz CT molecular complexity index is 1140. The standard InChI is InChI=1S/C24H30N4/c1-23(2,3)18-13-16(21-17(14-18)15-25-26-21)11-12-24(4,5)22-19-9-7-8-10-20(19)27-28(22)6/h7-10,13-15H,11-12H2,1-6H3,(H,25,26). The number of hydrogen-bond donors (Lipinski definition) is 1. The van der Waals surface area contributed by atoms with E-state index in [2.05, 4.69) is 92.9 Å². The van der Waals surface area contributed by atoms with Gasteiger partial charge in [0, 0.05) is 23.2 Å². The first-order valence-corrected chi connectivity index (χ1v) is 10.1. The number of rotatable bonds is 4. The predicted octanol–water partition coefficient (Wildman–Crippen LogP) is 5.66. The minimum atomic E-state index is 0.00886. The second kappa shape index (κ2) is 6.47. The van der Waals surface area contributed by atoms with Crippen LogP contribution in [0.1, 0.15) is 57.9 Å². The first-order chi connectivity index (χ1) is 13.2. The summed E-state index contributed by atoms with van der Waals surface area (Å²) in [7, 11) is 2.06. The van der Waals surface area contributed by atoms with E-state index in [-0.39, 0.29) is 10.8 Å². The molecule has 0 aliphatic carbocycles. The van der Waals surface area contributed by atoms with E-state index >= 15 is 0 Å². The molecule has 0 bridgehead atoms. The van der Waals surface area contributed by atoms with Crippen LogP contribution in [-0.4, -0.2) is 20.0 Å². The first-order valence-electron chi connectivity index (χ1n) is 10.1. The highest BCUT2D eigenvalue weighted by Crippen LogP contribution is 2.35. The van der Waals surface area contributed by atoms with Crippen LogP contribution in [0.2, 0.25) is 0 Å². The predicted molar refractivity (Wildman–Crippen MR) is 117 cm³/mol. The van der Waals surface area contributed by atoms with Crippen LogP contribution in [0.5, 0.6) is 0 Å². The molecule has 2 heterocycles. The largest absolute Gasteiger partial charge is 0.278 e. The molecule has 4 aromatic rings. The summed E-state index contributed by atoms with van der Waals surface area (Å²) in [5.41, 5.74) is 6.37. The Kier molecular flexibility index (Phi) is 4.33. The fraction of sp³-hybridized carbons (Fsp3) is 0.417. The van der Waals surface area contributed by atoms with Gasteiger partial charge in [-0.05, 0) is 41.5 Å². The van der Waals surface area contributed by atoms with Crippen LogP contribution < -0.4 is 0 Å². The number of benzene rings is 2. The summed E-state index contributed by atoms with van der Waals surface area (Å²) in [6.45, 7) is 11.5. The van der Waals surface area contributed by atoms with Gasteiger partial charge in [0.25, 0.3) is 0 Å². The van der Waals surface area contributed by atoms with Gasteiger partial charge in [-0.2, -0.15) is 10.2 Å². The number of aryl methyl sites for hydroxylation is 2. The molecule has 0 aliphatic heterocycles. The SMILES string of the molecule is Cn1nc2ccccc2c1C(C)(C)CCc1cc(C(C)(C)C)cc2cn[nH]c12. The van der Waals surface area contributed by atoms with Gasteiger partial charge in [0.05, 0.1) is 22.9 Å². The third-order valence-corrected chi connectivity index (χ3v) is 5.90. The van der Waals surface area contributed by atoms with E-state index < -0.39 is 0 Å². The lowest BCUT2D eigenvalue weighted by molar-refractivity contribution is 0.445. The molecule has 1 N–H and O–H groups in total. The first kappa shape index (κ1) is 18.7. The summed E-state index contributed by atoms with van der Waals surface area (Å²) in [4.78, 5) is 0. The molecule has 4 rings (SSSR count). The summed E-state index contributed by atoms with van der Waals surface area (Å²) >= 11 is 0. The molecule has 0 saturated heterocycles. The normalized spacial score (nSPS) is 12.9. The van der Waals surface area contributed by atoms with Gasteiger partial charge in [0.15, 0.2) is 0 Å². The molecule has 0 amide bonds. The maximum atomic E-state index is 4.72. The molecular weight excluding hydrogens is 344 g/mol. The van der Waals surface area contributed by atoms with Crippen molar-refractivity contribution >= 4 is 21.8 Å². The molecule has 0 aliphatic rings. The molecule has 0 unspecified atom stereocenters. The molecule has 0 fully saturated rings. The average molecular weight is 375 g/mol. The number of nitrogens with zero attached hydrogens (tertiary/aromatic N) is 3. The van der Waals surface area contributed by atoms with Crippen LogP contribution in [0.3, 0.4) is 0 Å². The Labute approximate surface area is 167 Å². The zero-order valence-corrected chi connectivity index (χ0v) is 17.8. The highest BCUT2D eigenvalue weighted by atomic mass is 15.3. The molecule has 0 atom stereocenters. The lowest BCUT2D eigenvalue weighted by atomic mass is 9.80. The molecule has 4 heteroatoms. The van der Waals surface area contributed by atoms with Crippen molar-refractivity contribution in [3.8, 4) is 0 Å². The lowest BCUT2D eigenvalue weighted by Crippen LogP contribution is -2.22. The van der Waals surface area contributed by atoms with Gasteiger partial charge < -0.3 is 0 Å². The minimum Gasteiger partial charge on any atom is -0.278 e. The zero-order valence-electron chi connectivity index (χ0n) is 17.8. The number of aromatic nitrogens is 4. The van der Waals surface area contributed by atoms with Crippen molar-refractivity contribution in [1.29, 1.82) is 0 Å². The lowest BCUT2D eigenvalue weighted by Gasteiger charge is -2.26. The Morgan fingerprint density at radius 1 is 1.04 bits per heavy atom. The third-order valence-electron chi connectivity index (χ3n) is 5.90. The van der Waals surface area contributed by atoms with Gasteiger partial charge >= 0.3 is 0 Å². The van der Waals surface area contributed by atoms with Crippen molar-refractivity contribution in [2.45, 2.75) is 58.3 Å². The topological polar surface area (TPSA) is 46.5 Å². The van der Waals surface area contributed by atoms with E-state index in [9.17, 15) is 0 Å². The Morgan fingerprint density at radius 2 is 1.79 bits per heavy atom. The van der Waals surface area contributed by atoms with Crippen LogP contribution >= 0.6 is 0 Å². The molecule has 0 radical (unpaired) electrons. The minimum absolute atomic E-state index is 0.00886. The molecule has 146 valence electrons. The van der Waals surface area contributed by atoms with Crippen LogP contribution in [0.25, 0.3) is 21.8 Å². The molecule has 0 saturated carbocycles. The van der Waals surface area contributed by atoms with Gasteiger partial charge in [-0.25, -0.2) is 0 Å². The number of aromatic amines is 1. The van der Waals surface area contributed by atoms with E-state index in [1.807, 2.05) is 6.20 Å². The summed E-state index contributed by atoms with van der Waals surface area (Å²) in [6.07, 6.45) is 3.97. The zero-order chi connectivity index (χ0) is 20.1. The quantitative estimate of drug-likeness (QED) is 0.501. The third kappa shape index (κ3) is 3.21. The Morgan fingerprint density at radius 3 is 2.54 bits per heavy atom. The summed E-state index contributed by atoms with van der Waals surface area (Å²) in [5.74, 6) is 0. The van der Waals surface area contributed by atoms with Gasteiger partial charge in [-0.15, -0.1) is 0 Å². The van der Waals surface area contributed by atoms with Crippen LogP contribution in [0.15, 0.2) is 42.6 Å². The van der Waals surface area contributed by atoms with Crippen molar-refractivity contribution in [3.05, 3.63) is 59.4 Å². The van der Waals surface area contributed by atoms with Crippen molar-refractivity contribution in [1.82, 2.24) is 20.0 Å². The number of fused-ring (bicyclic) bond motifs is 2. The van der Waals surface area contributed by atoms with Crippen molar-refractivity contribution in [2.24, 2.45) is 7.05 Å². The molecular formula is C24H30N4. The van der Waals surface area contributed by atoms with Crippen molar-refractivity contribution in [3.63, 3.8) is 0 Å². The maximum Gasteiger partial charge on any atom is 0.0926 e. The Balaban J connectivity index is 1.70. The summed E-state index contributed by atoms with van der Waals surface area (Å²) in [6, 6.07) is 13.1. The van der Waals surface area contributed by atoms with E-state index in [0.29, 0.717) is 0 Å². The second-order valence-electron chi connectivity index (χ2n) is 9.59. The van der Waals surface area contributed by atoms with Gasteiger partial charge in [0.1, 0.15) is 0 Å². The van der Waals surface area contributed by atoms with Crippen molar-refractivity contribution in [2.75, 3.05) is 0 Å². The number of nitrogens with one attached hydrogen (secondary N) is 1. The highest BCUT2D eigenvalue weighted by Gasteiger charge is 2.27. The number of H-pyrrole nitrogens is 1. The molecule has 2 aromatic heterocycles. The monoisotopic (exact) mass is 374 g/mol. The maximum absolute atomic E-state index is 4.72. The smallest absolute Gasteiger partial charge is 0.0926 e. The number of hydrogen-bond acceptors (Lipinski definition) is 2. The molecule has 4 nitrogen and oxygen atoms in total.